The van der Waals surface area contributed by atoms with Crippen LogP contribution in [0.1, 0.15) is 44.7 Å². The van der Waals surface area contributed by atoms with Crippen LogP contribution in [0.5, 0.6) is 0 Å². The van der Waals surface area contributed by atoms with Gasteiger partial charge in [0.05, 0.1) is 11.9 Å². The van der Waals surface area contributed by atoms with E-state index in [9.17, 15) is 18.0 Å². The number of nitrogens with zero attached hydrogens (tertiary/aromatic N) is 2. The Labute approximate surface area is 211 Å². The van der Waals surface area contributed by atoms with Crippen LogP contribution in [0.2, 0.25) is 0 Å². The summed E-state index contributed by atoms with van der Waals surface area (Å²) in [4.78, 5) is 27.5. The molecule has 0 aliphatic rings. The van der Waals surface area contributed by atoms with Crippen molar-refractivity contribution in [2.45, 2.75) is 59.2 Å². The van der Waals surface area contributed by atoms with Gasteiger partial charge >= 0.3 is 0 Å². The summed E-state index contributed by atoms with van der Waals surface area (Å²) >= 11 is 3.45. The number of benzene rings is 2. The lowest BCUT2D eigenvalue weighted by Crippen LogP contribution is -2.49. The van der Waals surface area contributed by atoms with Gasteiger partial charge in [0.1, 0.15) is 6.04 Å². The molecule has 0 fully saturated rings. The van der Waals surface area contributed by atoms with Crippen molar-refractivity contribution < 1.29 is 18.0 Å². The Morgan fingerprint density at radius 2 is 1.74 bits per heavy atom. The van der Waals surface area contributed by atoms with Crippen LogP contribution < -0.4 is 9.62 Å². The number of carbonyl (C=O) groups excluding carboxylic acids is 2. The van der Waals surface area contributed by atoms with E-state index in [1.54, 1.807) is 24.0 Å². The number of nitrogens with one attached hydrogen (secondary N) is 1. The number of para-hydroxylation sites is 1. The highest BCUT2D eigenvalue weighted by Crippen LogP contribution is 2.23. The summed E-state index contributed by atoms with van der Waals surface area (Å²) in [6.45, 7) is 7.76. The second-order valence-electron chi connectivity index (χ2n) is 8.72. The van der Waals surface area contributed by atoms with E-state index < -0.39 is 16.1 Å². The highest BCUT2D eigenvalue weighted by atomic mass is 79.9. The maximum absolute atomic E-state index is 13.3. The molecule has 2 amide bonds. The van der Waals surface area contributed by atoms with E-state index in [-0.39, 0.29) is 37.4 Å². The van der Waals surface area contributed by atoms with Crippen molar-refractivity contribution in [1.29, 1.82) is 0 Å². The number of aryl methyl sites for hydroxylation is 1. The molecule has 0 saturated carbocycles. The van der Waals surface area contributed by atoms with Crippen molar-refractivity contribution in [3.63, 3.8) is 0 Å². The monoisotopic (exact) mass is 551 g/mol. The van der Waals surface area contributed by atoms with Crippen LogP contribution in [0.25, 0.3) is 0 Å². The minimum Gasteiger partial charge on any atom is -0.352 e. The summed E-state index contributed by atoms with van der Waals surface area (Å²) in [5.74, 6) is -0.430. The maximum Gasteiger partial charge on any atom is 0.242 e. The number of hydrogen-bond donors (Lipinski definition) is 1. The fraction of sp³-hybridized carbons (Fsp3) is 0.440. The van der Waals surface area contributed by atoms with E-state index >= 15 is 0 Å². The van der Waals surface area contributed by atoms with E-state index in [2.05, 4.69) is 21.2 Å². The zero-order chi connectivity index (χ0) is 25.5. The average Bonchev–Trinajstić information content (AvgIpc) is 2.74. The average molecular weight is 553 g/mol. The Morgan fingerprint density at radius 3 is 2.32 bits per heavy atom. The normalized spacial score (nSPS) is 12.3. The first-order valence-electron chi connectivity index (χ1n) is 11.3. The molecule has 1 atom stereocenters. The van der Waals surface area contributed by atoms with Crippen LogP contribution in [-0.2, 0) is 26.2 Å². The number of carbonyl (C=O) groups is 2. The molecule has 2 aromatic rings. The third kappa shape index (κ3) is 8.13. The van der Waals surface area contributed by atoms with E-state index in [4.69, 9.17) is 0 Å². The molecule has 186 valence electrons. The fourth-order valence-electron chi connectivity index (χ4n) is 3.65. The molecule has 0 saturated heterocycles. The molecular formula is C25H34BrN3O4S. The topological polar surface area (TPSA) is 86.8 Å². The van der Waals surface area contributed by atoms with Gasteiger partial charge in [0, 0.05) is 30.0 Å². The number of amides is 2. The maximum atomic E-state index is 13.3. The zero-order valence-electron chi connectivity index (χ0n) is 20.4. The highest BCUT2D eigenvalue weighted by Gasteiger charge is 2.27. The first-order chi connectivity index (χ1) is 15.9. The highest BCUT2D eigenvalue weighted by molar-refractivity contribution is 9.10. The van der Waals surface area contributed by atoms with Crippen molar-refractivity contribution in [2.24, 2.45) is 0 Å². The van der Waals surface area contributed by atoms with Gasteiger partial charge in [0.2, 0.25) is 21.8 Å². The largest absolute Gasteiger partial charge is 0.352 e. The van der Waals surface area contributed by atoms with Crippen LogP contribution in [0.4, 0.5) is 5.69 Å². The summed E-state index contributed by atoms with van der Waals surface area (Å²) in [6.07, 6.45) is 1.61. The van der Waals surface area contributed by atoms with Gasteiger partial charge in [-0.1, -0.05) is 46.3 Å². The first-order valence-corrected chi connectivity index (χ1v) is 13.9. The van der Waals surface area contributed by atoms with Gasteiger partial charge in [-0.05, 0) is 63.4 Å². The molecule has 2 aromatic carbocycles. The molecular weight excluding hydrogens is 518 g/mol. The van der Waals surface area contributed by atoms with Crippen LogP contribution in [-0.4, -0.2) is 50.0 Å². The van der Waals surface area contributed by atoms with Crippen LogP contribution in [0.15, 0.2) is 53.0 Å². The number of anilines is 1. The number of halogens is 1. The van der Waals surface area contributed by atoms with Gasteiger partial charge in [-0.15, -0.1) is 0 Å². The SMILES string of the molecule is Cc1ccccc1N(CCCC(=O)N(Cc1cccc(Br)c1)[C@H](C)C(=O)NC(C)C)S(C)(=O)=O. The lowest BCUT2D eigenvalue weighted by Gasteiger charge is -2.30. The van der Waals surface area contributed by atoms with Crippen molar-refractivity contribution >= 4 is 43.5 Å². The van der Waals surface area contributed by atoms with Crippen molar-refractivity contribution in [2.75, 3.05) is 17.1 Å². The summed E-state index contributed by atoms with van der Waals surface area (Å²) in [5, 5.41) is 2.87. The molecule has 2 rings (SSSR count). The zero-order valence-corrected chi connectivity index (χ0v) is 22.8. The van der Waals surface area contributed by atoms with E-state index in [1.165, 1.54) is 10.6 Å². The Bertz CT molecular complexity index is 1100. The summed E-state index contributed by atoms with van der Waals surface area (Å²) < 4.78 is 27.1. The van der Waals surface area contributed by atoms with Crippen LogP contribution in [0.3, 0.4) is 0 Å². The van der Waals surface area contributed by atoms with Crippen LogP contribution in [0, 0.1) is 6.92 Å². The molecule has 0 aromatic heterocycles. The number of sulfonamides is 1. The third-order valence-electron chi connectivity index (χ3n) is 5.38. The molecule has 1 N–H and O–H groups in total. The molecule has 0 spiro atoms. The fourth-order valence-corrected chi connectivity index (χ4v) is 5.11. The molecule has 0 aliphatic heterocycles. The van der Waals surface area contributed by atoms with E-state index in [0.29, 0.717) is 12.1 Å². The quantitative estimate of drug-likeness (QED) is 0.452. The number of hydrogen-bond acceptors (Lipinski definition) is 4. The van der Waals surface area contributed by atoms with Crippen molar-refractivity contribution in [1.82, 2.24) is 10.2 Å². The molecule has 9 heteroatoms. The van der Waals surface area contributed by atoms with Crippen molar-refractivity contribution in [3.8, 4) is 0 Å². The lowest BCUT2D eigenvalue weighted by atomic mass is 10.1. The van der Waals surface area contributed by atoms with Crippen molar-refractivity contribution in [3.05, 3.63) is 64.1 Å². The van der Waals surface area contributed by atoms with Gasteiger partial charge in [-0.25, -0.2) is 8.42 Å². The standard InChI is InChI=1S/C25H34BrN3O4S/c1-18(2)27-25(31)20(4)28(17-21-11-8-12-22(26)16-21)24(30)14-9-15-29(34(5,32)33)23-13-7-6-10-19(23)3/h6-8,10-13,16,18,20H,9,14-15,17H2,1-5H3,(H,27,31)/t20-/m1/s1. The number of rotatable bonds is 11. The minimum absolute atomic E-state index is 0.0461. The second-order valence-corrected chi connectivity index (χ2v) is 11.5. The van der Waals surface area contributed by atoms with Gasteiger partial charge in [-0.3, -0.25) is 13.9 Å². The van der Waals surface area contributed by atoms with Gasteiger partial charge in [0.25, 0.3) is 0 Å². The summed E-state index contributed by atoms with van der Waals surface area (Å²) in [5.41, 5.74) is 2.34. The second kappa shape index (κ2) is 12.4. The predicted molar refractivity (Wildman–Crippen MR) is 140 cm³/mol. The van der Waals surface area contributed by atoms with Gasteiger partial charge in [-0.2, -0.15) is 0 Å². The molecule has 0 radical (unpaired) electrons. The van der Waals surface area contributed by atoms with Crippen LogP contribution >= 0.6 is 15.9 Å². The van der Waals surface area contributed by atoms with Gasteiger partial charge < -0.3 is 10.2 Å². The molecule has 0 unspecified atom stereocenters. The molecule has 7 nitrogen and oxygen atoms in total. The summed E-state index contributed by atoms with van der Waals surface area (Å²) in [7, 11) is -3.52. The van der Waals surface area contributed by atoms with Gasteiger partial charge in [0.15, 0.2) is 0 Å². The minimum atomic E-state index is -3.52. The third-order valence-corrected chi connectivity index (χ3v) is 7.05. The molecule has 0 heterocycles. The van der Waals surface area contributed by atoms with E-state index in [1.807, 2.05) is 57.2 Å². The Hall–Kier alpha value is -2.39. The molecule has 0 bridgehead atoms. The lowest BCUT2D eigenvalue weighted by molar-refractivity contribution is -0.140. The predicted octanol–water partition coefficient (Wildman–Crippen LogP) is 4.25. The van der Waals surface area contributed by atoms with E-state index in [0.717, 1.165) is 15.6 Å². The Morgan fingerprint density at radius 1 is 1.06 bits per heavy atom. The molecule has 34 heavy (non-hydrogen) atoms. The molecule has 0 aliphatic carbocycles. The Balaban J connectivity index is 2.18. The summed E-state index contributed by atoms with van der Waals surface area (Å²) in [6, 6.07) is 14.1. The first kappa shape index (κ1) is 27.9. The smallest absolute Gasteiger partial charge is 0.242 e. The Kier molecular flexibility index (Phi) is 10.1.